The fourth-order valence-electron chi connectivity index (χ4n) is 5.85. The van der Waals surface area contributed by atoms with E-state index in [1.807, 2.05) is 17.0 Å². The number of allylic oxidation sites excluding steroid dienone is 3. The molecule has 5 rings (SSSR count). The number of nitriles is 1. The smallest absolute Gasteiger partial charge is 0.341 e. The van der Waals surface area contributed by atoms with Crippen LogP contribution in [0.2, 0.25) is 5.02 Å². The van der Waals surface area contributed by atoms with E-state index in [0.717, 1.165) is 47.4 Å². The Bertz CT molecular complexity index is 1390. The van der Waals surface area contributed by atoms with Gasteiger partial charge in [-0.2, -0.15) is 5.26 Å². The lowest BCUT2D eigenvalue weighted by Gasteiger charge is -2.43. The Kier molecular flexibility index (Phi) is 6.68. The van der Waals surface area contributed by atoms with Crippen LogP contribution in [0.4, 0.5) is 5.00 Å². The number of nitrogens with two attached hydrogens (primary N) is 1. The molecule has 1 atom stereocenters. The third-order valence-corrected chi connectivity index (χ3v) is 8.95. The minimum atomic E-state index is -0.585. The molecular formula is C29H30ClN3O3S. The van der Waals surface area contributed by atoms with Gasteiger partial charge in [0.1, 0.15) is 10.8 Å². The van der Waals surface area contributed by atoms with Gasteiger partial charge >= 0.3 is 5.97 Å². The summed E-state index contributed by atoms with van der Waals surface area (Å²) < 4.78 is 5.50. The molecule has 8 heteroatoms. The van der Waals surface area contributed by atoms with Gasteiger partial charge in [-0.15, -0.1) is 11.3 Å². The third-order valence-electron chi connectivity index (χ3n) is 7.42. The highest BCUT2D eigenvalue weighted by Gasteiger charge is 2.46. The molecule has 0 saturated heterocycles. The van der Waals surface area contributed by atoms with Crippen LogP contribution >= 0.6 is 22.9 Å². The molecule has 37 heavy (non-hydrogen) atoms. The minimum absolute atomic E-state index is 0.00421. The number of hydrogen-bond donors (Lipinski definition) is 1. The van der Waals surface area contributed by atoms with E-state index < -0.39 is 5.92 Å². The van der Waals surface area contributed by atoms with Gasteiger partial charge in [0.2, 0.25) is 0 Å². The van der Waals surface area contributed by atoms with Crippen molar-refractivity contribution in [3.8, 4) is 6.07 Å². The van der Waals surface area contributed by atoms with Crippen molar-refractivity contribution in [2.45, 2.75) is 65.2 Å². The SMILES string of the molecule is CCOC(=O)c1c(N2C(N)=C(C#N)[C@H](c3ccc(Cl)cc3)C3=C2CC(C)(C)CC3=O)sc2c1CCCC2. The Morgan fingerprint density at radius 3 is 2.62 bits per heavy atom. The molecule has 6 nitrogen and oxygen atoms in total. The summed E-state index contributed by atoms with van der Waals surface area (Å²) in [6.07, 6.45) is 4.70. The number of fused-ring (bicyclic) bond motifs is 1. The Hall–Kier alpha value is -3.08. The molecule has 1 aliphatic heterocycles. The van der Waals surface area contributed by atoms with Gasteiger partial charge in [0.15, 0.2) is 5.78 Å². The Morgan fingerprint density at radius 1 is 1.24 bits per heavy atom. The summed E-state index contributed by atoms with van der Waals surface area (Å²) in [5, 5.41) is 11.6. The molecule has 2 aliphatic carbocycles. The fourth-order valence-corrected chi connectivity index (χ4v) is 7.39. The summed E-state index contributed by atoms with van der Waals surface area (Å²) in [6, 6.07) is 9.52. The fraction of sp³-hybridized carbons (Fsp3) is 0.414. The number of anilines is 1. The van der Waals surface area contributed by atoms with Gasteiger partial charge in [0, 0.05) is 27.6 Å². The second kappa shape index (κ2) is 9.66. The Labute approximate surface area is 226 Å². The first-order valence-corrected chi connectivity index (χ1v) is 13.9. The number of nitrogens with zero attached hydrogens (tertiary/aromatic N) is 2. The summed E-state index contributed by atoms with van der Waals surface area (Å²) in [5.41, 5.74) is 10.5. The molecule has 0 saturated carbocycles. The molecular weight excluding hydrogens is 506 g/mol. The molecule has 2 N–H and O–H groups in total. The lowest BCUT2D eigenvalue weighted by Crippen LogP contribution is -2.42. The van der Waals surface area contributed by atoms with Crippen LogP contribution in [0.25, 0.3) is 0 Å². The van der Waals surface area contributed by atoms with Crippen LogP contribution in [-0.2, 0) is 22.4 Å². The van der Waals surface area contributed by atoms with Crippen LogP contribution in [0.5, 0.6) is 0 Å². The Balaban J connectivity index is 1.79. The molecule has 0 bridgehead atoms. The summed E-state index contributed by atoms with van der Waals surface area (Å²) in [6.45, 7) is 6.18. The number of esters is 1. The van der Waals surface area contributed by atoms with Crippen LogP contribution in [0.1, 0.15) is 78.7 Å². The molecule has 0 spiro atoms. The summed E-state index contributed by atoms with van der Waals surface area (Å²) in [7, 11) is 0. The Morgan fingerprint density at radius 2 is 1.95 bits per heavy atom. The van der Waals surface area contributed by atoms with Crippen LogP contribution in [-0.4, -0.2) is 18.4 Å². The lowest BCUT2D eigenvalue weighted by atomic mass is 9.68. The number of rotatable bonds is 4. The number of ether oxygens (including phenoxy) is 1. The van der Waals surface area contributed by atoms with Gasteiger partial charge in [-0.1, -0.05) is 37.6 Å². The van der Waals surface area contributed by atoms with Gasteiger partial charge in [0.25, 0.3) is 0 Å². The normalized spacial score (nSPS) is 20.9. The second-order valence-corrected chi connectivity index (χ2v) is 12.2. The molecule has 192 valence electrons. The van der Waals surface area contributed by atoms with E-state index in [1.54, 1.807) is 19.1 Å². The summed E-state index contributed by atoms with van der Waals surface area (Å²) in [5.74, 6) is -0.712. The van der Waals surface area contributed by atoms with Gasteiger partial charge < -0.3 is 10.5 Å². The maximum absolute atomic E-state index is 13.8. The van der Waals surface area contributed by atoms with E-state index in [1.165, 1.54) is 11.3 Å². The zero-order valence-electron chi connectivity index (χ0n) is 21.3. The molecule has 0 radical (unpaired) electrons. The zero-order chi connectivity index (χ0) is 26.5. The predicted octanol–water partition coefficient (Wildman–Crippen LogP) is 6.40. The summed E-state index contributed by atoms with van der Waals surface area (Å²) >= 11 is 7.68. The van der Waals surface area contributed by atoms with Crippen molar-refractivity contribution < 1.29 is 14.3 Å². The number of aryl methyl sites for hydroxylation is 1. The van der Waals surface area contributed by atoms with Gasteiger partial charge in [-0.3, -0.25) is 9.69 Å². The average molecular weight is 536 g/mol. The second-order valence-electron chi connectivity index (χ2n) is 10.6. The number of thiophene rings is 1. The highest BCUT2D eigenvalue weighted by molar-refractivity contribution is 7.16. The monoisotopic (exact) mass is 535 g/mol. The number of carbonyl (C=O) groups excluding carboxylic acids is 2. The lowest BCUT2D eigenvalue weighted by molar-refractivity contribution is -0.118. The molecule has 1 aromatic carbocycles. The molecule has 2 heterocycles. The summed E-state index contributed by atoms with van der Waals surface area (Å²) in [4.78, 5) is 30.1. The van der Waals surface area contributed by atoms with E-state index in [2.05, 4.69) is 19.9 Å². The van der Waals surface area contributed by atoms with Crippen molar-refractivity contribution in [2.75, 3.05) is 11.5 Å². The molecule has 0 amide bonds. The topological polar surface area (TPSA) is 96.4 Å². The van der Waals surface area contributed by atoms with E-state index in [0.29, 0.717) is 39.6 Å². The molecule has 0 fully saturated rings. The highest BCUT2D eigenvalue weighted by Crippen LogP contribution is 2.53. The van der Waals surface area contributed by atoms with E-state index in [-0.39, 0.29) is 29.6 Å². The number of hydrogen-bond acceptors (Lipinski definition) is 7. The van der Waals surface area contributed by atoms with Crippen molar-refractivity contribution in [1.29, 1.82) is 5.26 Å². The number of halogens is 1. The number of Topliss-reactive ketones (excluding diaryl/α,β-unsaturated/α-hetero) is 1. The van der Waals surface area contributed by atoms with Crippen molar-refractivity contribution in [1.82, 2.24) is 0 Å². The quantitative estimate of drug-likeness (QED) is 0.455. The first kappa shape index (κ1) is 25.6. The molecule has 3 aliphatic rings. The van der Waals surface area contributed by atoms with Crippen molar-refractivity contribution in [3.05, 3.63) is 73.5 Å². The van der Waals surface area contributed by atoms with Crippen LogP contribution in [0, 0.1) is 16.7 Å². The van der Waals surface area contributed by atoms with E-state index in [4.69, 9.17) is 22.1 Å². The van der Waals surface area contributed by atoms with E-state index in [9.17, 15) is 14.9 Å². The van der Waals surface area contributed by atoms with Crippen LogP contribution in [0.15, 0.2) is 46.9 Å². The molecule has 1 aromatic heterocycles. The zero-order valence-corrected chi connectivity index (χ0v) is 22.9. The van der Waals surface area contributed by atoms with Crippen LogP contribution < -0.4 is 10.6 Å². The van der Waals surface area contributed by atoms with Gasteiger partial charge in [-0.05, 0) is 67.7 Å². The first-order chi connectivity index (χ1) is 17.7. The average Bonchev–Trinajstić information content (AvgIpc) is 3.22. The maximum atomic E-state index is 13.8. The third kappa shape index (κ3) is 4.36. The van der Waals surface area contributed by atoms with Crippen molar-refractivity contribution in [3.63, 3.8) is 0 Å². The standard InChI is InChI=1S/C29H30ClN3O3S/c1-4-36-28(35)24-18-7-5-6-8-22(18)37-27(24)33-20-13-29(2,3)14-21(34)25(20)23(19(15-31)26(33)32)16-9-11-17(30)12-10-16/h9-12,23H,4-8,13-14,32H2,1-3H3/t23-/m0/s1. The van der Waals surface area contributed by atoms with Gasteiger partial charge in [0.05, 0.1) is 29.7 Å². The predicted molar refractivity (Wildman–Crippen MR) is 145 cm³/mol. The van der Waals surface area contributed by atoms with Gasteiger partial charge in [-0.25, -0.2) is 4.79 Å². The number of ketones is 1. The largest absolute Gasteiger partial charge is 0.462 e. The number of carbonyl (C=O) groups is 2. The van der Waals surface area contributed by atoms with E-state index >= 15 is 0 Å². The maximum Gasteiger partial charge on any atom is 0.341 e. The van der Waals surface area contributed by atoms with Crippen molar-refractivity contribution in [2.24, 2.45) is 11.1 Å². The van der Waals surface area contributed by atoms with Crippen molar-refractivity contribution >= 4 is 39.7 Å². The number of benzene rings is 1. The first-order valence-electron chi connectivity index (χ1n) is 12.7. The highest BCUT2D eigenvalue weighted by atomic mass is 35.5. The minimum Gasteiger partial charge on any atom is -0.462 e. The molecule has 2 aromatic rings. The van der Waals surface area contributed by atoms with Crippen LogP contribution in [0.3, 0.4) is 0 Å². The molecule has 0 unspecified atom stereocenters.